The molecule has 1 aliphatic carbocycles. The molecule has 0 aromatic carbocycles. The summed E-state index contributed by atoms with van der Waals surface area (Å²) < 4.78 is 0. The van der Waals surface area contributed by atoms with Gasteiger partial charge in [0, 0.05) is 24.0 Å². The summed E-state index contributed by atoms with van der Waals surface area (Å²) >= 11 is 1.76. The molecule has 1 aromatic heterocycles. The average molecular weight is 224 g/mol. The number of nitrogens with zero attached hydrogens (tertiary/aromatic N) is 1. The Hall–Kier alpha value is -0.410. The van der Waals surface area contributed by atoms with Crippen LogP contribution < -0.4 is 5.73 Å². The molecule has 3 atom stereocenters. The molecule has 1 fully saturated rings. The van der Waals surface area contributed by atoms with Crippen LogP contribution in [0.15, 0.2) is 11.6 Å². The number of nitrogens with two attached hydrogens (primary N) is 1. The summed E-state index contributed by atoms with van der Waals surface area (Å²) in [6.45, 7) is 3.12. The maximum atomic E-state index is 5.91. The van der Waals surface area contributed by atoms with E-state index >= 15 is 0 Å². The van der Waals surface area contributed by atoms with Gasteiger partial charge in [-0.25, -0.2) is 4.98 Å². The monoisotopic (exact) mass is 224 g/mol. The van der Waals surface area contributed by atoms with E-state index in [0.29, 0.717) is 5.92 Å². The first kappa shape index (κ1) is 11.1. The minimum atomic E-state index is 0.507. The molecule has 3 unspecified atom stereocenters. The minimum absolute atomic E-state index is 0.507. The molecule has 1 heterocycles. The van der Waals surface area contributed by atoms with E-state index in [-0.39, 0.29) is 0 Å². The van der Waals surface area contributed by atoms with Crippen LogP contribution in [0.1, 0.15) is 43.5 Å². The van der Waals surface area contributed by atoms with Crippen molar-refractivity contribution < 1.29 is 0 Å². The zero-order chi connectivity index (χ0) is 10.7. The average Bonchev–Trinajstić information content (AvgIpc) is 2.72. The van der Waals surface area contributed by atoms with Crippen molar-refractivity contribution in [3.8, 4) is 0 Å². The van der Waals surface area contributed by atoms with Gasteiger partial charge < -0.3 is 5.73 Å². The third-order valence-electron chi connectivity index (χ3n) is 3.57. The fourth-order valence-corrected chi connectivity index (χ4v) is 3.61. The van der Waals surface area contributed by atoms with Crippen LogP contribution in [-0.2, 0) is 0 Å². The quantitative estimate of drug-likeness (QED) is 0.857. The summed E-state index contributed by atoms with van der Waals surface area (Å²) in [5.74, 6) is 2.15. The molecule has 2 rings (SSSR count). The van der Waals surface area contributed by atoms with Crippen molar-refractivity contribution in [2.24, 2.45) is 17.6 Å². The molecule has 1 aromatic rings. The van der Waals surface area contributed by atoms with Crippen LogP contribution in [0, 0.1) is 11.8 Å². The molecule has 0 aliphatic heterocycles. The Bertz CT molecular complexity index is 284. The van der Waals surface area contributed by atoms with Crippen LogP contribution in [0.2, 0.25) is 0 Å². The lowest BCUT2D eigenvalue weighted by Gasteiger charge is -2.31. The van der Waals surface area contributed by atoms with E-state index in [0.717, 1.165) is 18.4 Å². The molecule has 84 valence electrons. The summed E-state index contributed by atoms with van der Waals surface area (Å²) in [6.07, 6.45) is 7.33. The summed E-state index contributed by atoms with van der Waals surface area (Å²) in [5, 5.41) is 3.31. The Morgan fingerprint density at radius 2 is 2.47 bits per heavy atom. The van der Waals surface area contributed by atoms with Crippen LogP contribution in [-0.4, -0.2) is 11.5 Å². The standard InChI is InChI=1S/C12H20N2S/c1-9-3-2-4-10(7-9)11(8-13)12-14-5-6-15-12/h5-6,9-11H,2-4,7-8,13H2,1H3. The molecule has 1 aliphatic rings. The first-order chi connectivity index (χ1) is 7.31. The predicted octanol–water partition coefficient (Wildman–Crippen LogP) is 3.01. The van der Waals surface area contributed by atoms with Crippen molar-refractivity contribution in [2.75, 3.05) is 6.54 Å². The van der Waals surface area contributed by atoms with Crippen molar-refractivity contribution in [1.29, 1.82) is 0 Å². The largest absolute Gasteiger partial charge is 0.330 e. The Labute approximate surface area is 95.9 Å². The highest BCUT2D eigenvalue weighted by Crippen LogP contribution is 2.38. The smallest absolute Gasteiger partial charge is 0.0971 e. The minimum Gasteiger partial charge on any atom is -0.330 e. The lowest BCUT2D eigenvalue weighted by atomic mass is 9.76. The highest BCUT2D eigenvalue weighted by atomic mass is 32.1. The molecule has 0 radical (unpaired) electrons. The third kappa shape index (κ3) is 2.58. The van der Waals surface area contributed by atoms with Gasteiger partial charge in [-0.2, -0.15) is 0 Å². The Kier molecular flexibility index (Phi) is 3.76. The molecule has 1 saturated carbocycles. The van der Waals surface area contributed by atoms with Crippen molar-refractivity contribution in [1.82, 2.24) is 4.98 Å². The van der Waals surface area contributed by atoms with Crippen LogP contribution in [0.5, 0.6) is 0 Å². The van der Waals surface area contributed by atoms with Gasteiger partial charge in [0.15, 0.2) is 0 Å². The highest BCUT2D eigenvalue weighted by Gasteiger charge is 2.28. The summed E-state index contributed by atoms with van der Waals surface area (Å²) in [7, 11) is 0. The number of hydrogen-bond donors (Lipinski definition) is 1. The van der Waals surface area contributed by atoms with E-state index < -0.39 is 0 Å². The Morgan fingerprint density at radius 1 is 1.60 bits per heavy atom. The maximum Gasteiger partial charge on any atom is 0.0971 e. The fourth-order valence-electron chi connectivity index (χ4n) is 2.76. The van der Waals surface area contributed by atoms with Gasteiger partial charge in [0.1, 0.15) is 0 Å². The maximum absolute atomic E-state index is 5.91. The topological polar surface area (TPSA) is 38.9 Å². The molecular weight excluding hydrogens is 204 g/mol. The first-order valence-electron chi connectivity index (χ1n) is 5.90. The second-order valence-corrected chi connectivity index (χ2v) is 5.67. The predicted molar refractivity (Wildman–Crippen MR) is 65.0 cm³/mol. The molecule has 0 amide bonds. The third-order valence-corrected chi connectivity index (χ3v) is 4.48. The first-order valence-corrected chi connectivity index (χ1v) is 6.78. The number of thiazole rings is 1. The molecule has 2 nitrogen and oxygen atoms in total. The molecule has 0 spiro atoms. The lowest BCUT2D eigenvalue weighted by Crippen LogP contribution is -2.25. The molecule has 3 heteroatoms. The van der Waals surface area contributed by atoms with Gasteiger partial charge in [0.25, 0.3) is 0 Å². The van der Waals surface area contributed by atoms with Crippen molar-refractivity contribution in [2.45, 2.75) is 38.5 Å². The normalized spacial score (nSPS) is 28.9. The highest BCUT2D eigenvalue weighted by molar-refractivity contribution is 7.09. The molecule has 2 N–H and O–H groups in total. The second kappa shape index (κ2) is 5.08. The van der Waals surface area contributed by atoms with Gasteiger partial charge in [-0.15, -0.1) is 11.3 Å². The number of rotatable bonds is 3. The van der Waals surface area contributed by atoms with E-state index in [2.05, 4.69) is 17.3 Å². The van der Waals surface area contributed by atoms with Gasteiger partial charge >= 0.3 is 0 Å². The van der Waals surface area contributed by atoms with E-state index in [1.807, 2.05) is 6.20 Å². The summed E-state index contributed by atoms with van der Waals surface area (Å²) in [4.78, 5) is 4.43. The number of hydrogen-bond acceptors (Lipinski definition) is 3. The van der Waals surface area contributed by atoms with E-state index in [1.165, 1.54) is 30.7 Å². The van der Waals surface area contributed by atoms with Gasteiger partial charge in [0.05, 0.1) is 5.01 Å². The Balaban J connectivity index is 2.06. The SMILES string of the molecule is CC1CCCC(C(CN)c2nccs2)C1. The zero-order valence-corrected chi connectivity index (χ0v) is 10.2. The summed E-state index contributed by atoms with van der Waals surface area (Å²) in [6, 6.07) is 0. The van der Waals surface area contributed by atoms with Crippen molar-refractivity contribution in [3.63, 3.8) is 0 Å². The van der Waals surface area contributed by atoms with Crippen LogP contribution >= 0.6 is 11.3 Å². The van der Waals surface area contributed by atoms with Gasteiger partial charge in [-0.3, -0.25) is 0 Å². The summed E-state index contributed by atoms with van der Waals surface area (Å²) in [5.41, 5.74) is 5.91. The van der Waals surface area contributed by atoms with Gasteiger partial charge in [-0.05, 0) is 24.7 Å². The van der Waals surface area contributed by atoms with Crippen LogP contribution in [0.4, 0.5) is 0 Å². The second-order valence-electron chi connectivity index (χ2n) is 4.74. The fraction of sp³-hybridized carbons (Fsp3) is 0.750. The molecule has 0 bridgehead atoms. The molecular formula is C12H20N2S. The molecule has 15 heavy (non-hydrogen) atoms. The van der Waals surface area contributed by atoms with E-state index in [1.54, 1.807) is 11.3 Å². The van der Waals surface area contributed by atoms with Crippen LogP contribution in [0.3, 0.4) is 0 Å². The van der Waals surface area contributed by atoms with Crippen LogP contribution in [0.25, 0.3) is 0 Å². The van der Waals surface area contributed by atoms with Gasteiger partial charge in [-0.1, -0.05) is 19.8 Å². The van der Waals surface area contributed by atoms with Gasteiger partial charge in [0.2, 0.25) is 0 Å². The zero-order valence-electron chi connectivity index (χ0n) is 9.36. The number of aromatic nitrogens is 1. The Morgan fingerprint density at radius 3 is 3.07 bits per heavy atom. The molecule has 0 saturated heterocycles. The van der Waals surface area contributed by atoms with Crippen molar-refractivity contribution in [3.05, 3.63) is 16.6 Å². The van der Waals surface area contributed by atoms with E-state index in [4.69, 9.17) is 5.73 Å². The van der Waals surface area contributed by atoms with E-state index in [9.17, 15) is 0 Å². The lowest BCUT2D eigenvalue weighted by molar-refractivity contribution is 0.247. The van der Waals surface area contributed by atoms with Crippen molar-refractivity contribution >= 4 is 11.3 Å².